The van der Waals surface area contributed by atoms with Gasteiger partial charge in [0.05, 0.1) is 0 Å². The Hall–Kier alpha value is -2.37. The highest BCUT2D eigenvalue weighted by molar-refractivity contribution is 5.71. The number of ether oxygens (including phenoxy) is 3. The maximum absolute atomic E-state index is 12.7. The van der Waals surface area contributed by atoms with Crippen LogP contribution in [0.15, 0.2) is 36.5 Å². The van der Waals surface area contributed by atoms with E-state index in [0.717, 1.165) is 77.0 Å². The Labute approximate surface area is 365 Å². The predicted molar refractivity (Wildman–Crippen MR) is 252 cm³/mol. The fourth-order valence-electron chi connectivity index (χ4n) is 7.34. The molecule has 0 saturated carbocycles. The maximum Gasteiger partial charge on any atom is 0.306 e. The summed E-state index contributed by atoms with van der Waals surface area (Å²) < 4.78 is 16.8. The van der Waals surface area contributed by atoms with Crippen LogP contribution in [0.2, 0.25) is 0 Å². The van der Waals surface area contributed by atoms with E-state index in [1.165, 1.54) is 148 Å². The van der Waals surface area contributed by atoms with Crippen molar-refractivity contribution in [3.8, 4) is 0 Å². The van der Waals surface area contributed by atoms with Gasteiger partial charge in [-0.05, 0) is 51.4 Å². The molecule has 6 heteroatoms. The first-order chi connectivity index (χ1) is 29.0. The van der Waals surface area contributed by atoms with Crippen LogP contribution in [0.5, 0.6) is 0 Å². The number of carbonyl (C=O) groups is 3. The summed E-state index contributed by atoms with van der Waals surface area (Å²) in [4.78, 5) is 37.9. The molecule has 6 nitrogen and oxygen atoms in total. The van der Waals surface area contributed by atoms with Gasteiger partial charge in [-0.25, -0.2) is 0 Å². The molecule has 59 heavy (non-hydrogen) atoms. The van der Waals surface area contributed by atoms with Crippen molar-refractivity contribution in [1.29, 1.82) is 0 Å². The van der Waals surface area contributed by atoms with E-state index in [0.29, 0.717) is 19.3 Å². The van der Waals surface area contributed by atoms with Crippen LogP contribution in [0.1, 0.15) is 265 Å². The van der Waals surface area contributed by atoms with Crippen molar-refractivity contribution in [2.45, 2.75) is 271 Å². The highest BCUT2D eigenvalue weighted by Crippen LogP contribution is 2.16. The summed E-state index contributed by atoms with van der Waals surface area (Å²) in [6.45, 7) is 6.53. The Balaban J connectivity index is 4.28. The van der Waals surface area contributed by atoms with Crippen LogP contribution in [0.4, 0.5) is 0 Å². The third-order valence-corrected chi connectivity index (χ3v) is 11.2. The Morgan fingerprint density at radius 1 is 0.356 bits per heavy atom. The molecule has 0 spiro atoms. The molecule has 1 unspecified atom stereocenters. The minimum Gasteiger partial charge on any atom is -0.462 e. The maximum atomic E-state index is 12.7. The molecule has 0 aromatic rings. The van der Waals surface area contributed by atoms with Gasteiger partial charge in [-0.3, -0.25) is 14.4 Å². The van der Waals surface area contributed by atoms with Crippen molar-refractivity contribution < 1.29 is 28.6 Å². The third kappa shape index (κ3) is 46.5. The topological polar surface area (TPSA) is 78.9 Å². The smallest absolute Gasteiger partial charge is 0.306 e. The van der Waals surface area contributed by atoms with Gasteiger partial charge in [0.2, 0.25) is 0 Å². The van der Waals surface area contributed by atoms with Crippen LogP contribution >= 0.6 is 0 Å². The Kier molecular flexibility index (Phi) is 46.4. The molecule has 0 aliphatic carbocycles. The van der Waals surface area contributed by atoms with E-state index in [9.17, 15) is 14.4 Å². The van der Waals surface area contributed by atoms with Crippen LogP contribution in [-0.4, -0.2) is 37.2 Å². The normalized spacial score (nSPS) is 12.3. The summed E-state index contributed by atoms with van der Waals surface area (Å²) in [5.74, 6) is -0.867. The van der Waals surface area contributed by atoms with Crippen molar-refractivity contribution in [3.05, 3.63) is 36.5 Å². The summed E-state index contributed by atoms with van der Waals surface area (Å²) in [7, 11) is 0. The molecule has 0 radical (unpaired) electrons. The zero-order valence-electron chi connectivity index (χ0n) is 39.3. The number of carbonyl (C=O) groups excluding carboxylic acids is 3. The molecule has 344 valence electrons. The minimum atomic E-state index is -0.767. The summed E-state index contributed by atoms with van der Waals surface area (Å²) in [5, 5.41) is 0. The highest BCUT2D eigenvalue weighted by Gasteiger charge is 2.19. The van der Waals surface area contributed by atoms with E-state index < -0.39 is 6.10 Å². The van der Waals surface area contributed by atoms with Crippen molar-refractivity contribution in [2.24, 2.45) is 0 Å². The first-order valence-corrected chi connectivity index (χ1v) is 25.5. The van der Waals surface area contributed by atoms with Gasteiger partial charge in [0, 0.05) is 19.3 Å². The molecule has 0 aliphatic heterocycles. The lowest BCUT2D eigenvalue weighted by Crippen LogP contribution is -2.30. The summed E-state index contributed by atoms with van der Waals surface area (Å²) in [6, 6.07) is 0. The SMILES string of the molecule is CC/C=C\C/C=C\C/C=C\CCCCCCCCCCCC(=O)OCC(COC(=O)CCCCCCCCCCCCC)OC(=O)CCCCCCCCCCCCC. The molecule has 0 heterocycles. The van der Waals surface area contributed by atoms with Gasteiger partial charge < -0.3 is 14.2 Å². The first kappa shape index (κ1) is 56.6. The van der Waals surface area contributed by atoms with Gasteiger partial charge >= 0.3 is 17.9 Å². The molecule has 0 saturated heterocycles. The van der Waals surface area contributed by atoms with Crippen molar-refractivity contribution in [3.63, 3.8) is 0 Å². The molecule has 0 bridgehead atoms. The molecule has 0 N–H and O–H groups in total. The number of unbranched alkanes of at least 4 members (excludes halogenated alkanes) is 29. The van der Waals surface area contributed by atoms with E-state index in [2.05, 4.69) is 57.2 Å². The van der Waals surface area contributed by atoms with E-state index in [1.54, 1.807) is 0 Å². The van der Waals surface area contributed by atoms with Gasteiger partial charge in [0.25, 0.3) is 0 Å². The van der Waals surface area contributed by atoms with E-state index >= 15 is 0 Å². The third-order valence-electron chi connectivity index (χ3n) is 11.2. The predicted octanol–water partition coefficient (Wildman–Crippen LogP) is 16.5. The lowest BCUT2D eigenvalue weighted by Gasteiger charge is -2.18. The van der Waals surface area contributed by atoms with Gasteiger partial charge in [-0.1, -0.05) is 231 Å². The van der Waals surface area contributed by atoms with Crippen molar-refractivity contribution in [1.82, 2.24) is 0 Å². The second kappa shape index (κ2) is 48.3. The van der Waals surface area contributed by atoms with Crippen molar-refractivity contribution >= 4 is 17.9 Å². The molecule has 0 aromatic carbocycles. The molecule has 0 aliphatic rings. The van der Waals surface area contributed by atoms with Crippen molar-refractivity contribution in [2.75, 3.05) is 13.2 Å². The molecule has 0 amide bonds. The fraction of sp³-hybridized carbons (Fsp3) is 0.830. The number of hydrogen-bond acceptors (Lipinski definition) is 6. The monoisotopic (exact) mass is 829 g/mol. The van der Waals surface area contributed by atoms with Crippen LogP contribution in [0.25, 0.3) is 0 Å². The lowest BCUT2D eigenvalue weighted by molar-refractivity contribution is -0.167. The number of allylic oxidation sites excluding steroid dienone is 6. The zero-order valence-corrected chi connectivity index (χ0v) is 39.3. The molecule has 1 atom stereocenters. The van der Waals surface area contributed by atoms with Crippen LogP contribution in [-0.2, 0) is 28.6 Å². The number of hydrogen-bond donors (Lipinski definition) is 0. The summed E-state index contributed by atoms with van der Waals surface area (Å²) in [5.41, 5.74) is 0. The Morgan fingerprint density at radius 3 is 1.03 bits per heavy atom. The fourth-order valence-corrected chi connectivity index (χ4v) is 7.34. The molecular formula is C53H96O6. The first-order valence-electron chi connectivity index (χ1n) is 25.5. The Bertz CT molecular complexity index is 1000. The summed E-state index contributed by atoms with van der Waals surface area (Å²) >= 11 is 0. The van der Waals surface area contributed by atoms with Crippen LogP contribution in [0, 0.1) is 0 Å². The highest BCUT2D eigenvalue weighted by atomic mass is 16.6. The zero-order chi connectivity index (χ0) is 43.0. The van der Waals surface area contributed by atoms with Crippen LogP contribution < -0.4 is 0 Å². The summed E-state index contributed by atoms with van der Waals surface area (Å²) in [6.07, 6.45) is 55.5. The standard InChI is InChI=1S/C53H96O6/c1-4-7-10-13-16-19-22-23-24-25-26-27-28-29-32-34-37-40-43-46-52(55)58-49-50(59-53(56)47-44-41-38-35-31-21-18-15-12-9-6-3)48-57-51(54)45-42-39-36-33-30-20-17-14-11-8-5-2/h7,10,16,19,23-24,50H,4-6,8-9,11-15,17-18,20-22,25-49H2,1-3H3/b10-7-,19-16-,24-23-. The van der Waals surface area contributed by atoms with E-state index in [4.69, 9.17) is 14.2 Å². The average Bonchev–Trinajstić information content (AvgIpc) is 3.23. The average molecular weight is 829 g/mol. The van der Waals surface area contributed by atoms with Gasteiger partial charge in [0.15, 0.2) is 6.10 Å². The molecule has 0 fully saturated rings. The van der Waals surface area contributed by atoms with Crippen LogP contribution in [0.3, 0.4) is 0 Å². The number of esters is 3. The largest absolute Gasteiger partial charge is 0.462 e. The molecular weight excluding hydrogens is 733 g/mol. The van der Waals surface area contributed by atoms with Gasteiger partial charge in [0.1, 0.15) is 13.2 Å². The second-order valence-electron chi connectivity index (χ2n) is 17.1. The van der Waals surface area contributed by atoms with Gasteiger partial charge in [-0.15, -0.1) is 0 Å². The molecule has 0 aromatic heterocycles. The van der Waals surface area contributed by atoms with E-state index in [-0.39, 0.29) is 31.1 Å². The molecule has 0 rings (SSSR count). The Morgan fingerprint density at radius 2 is 0.661 bits per heavy atom. The lowest BCUT2D eigenvalue weighted by atomic mass is 10.1. The minimum absolute atomic E-state index is 0.0696. The quantitative estimate of drug-likeness (QED) is 0.0263. The van der Waals surface area contributed by atoms with E-state index in [1.807, 2.05) is 0 Å². The number of rotatable bonds is 46. The second-order valence-corrected chi connectivity index (χ2v) is 17.1. The van der Waals surface area contributed by atoms with Gasteiger partial charge in [-0.2, -0.15) is 0 Å².